The van der Waals surface area contributed by atoms with Crippen molar-refractivity contribution < 1.29 is 23.8 Å². The number of benzene rings is 2. The van der Waals surface area contributed by atoms with E-state index in [1.165, 1.54) is 4.90 Å². The molecule has 2 aliphatic rings. The first-order valence-electron chi connectivity index (χ1n) is 10.8. The van der Waals surface area contributed by atoms with Crippen LogP contribution in [-0.4, -0.2) is 42.7 Å². The quantitative estimate of drug-likeness (QED) is 0.687. The number of likely N-dealkylation sites (N-methyl/N-ethyl adjacent to an activating group) is 1. The molecular weight excluding hydrogens is 408 g/mol. The molecule has 168 valence electrons. The fourth-order valence-corrected chi connectivity index (χ4v) is 3.77. The average Bonchev–Trinajstić information content (AvgIpc) is 3.27. The van der Waals surface area contributed by atoms with Crippen LogP contribution < -0.4 is 19.5 Å². The van der Waals surface area contributed by atoms with Gasteiger partial charge in [-0.1, -0.05) is 30.4 Å². The molecule has 0 bridgehead atoms. The minimum absolute atomic E-state index is 0.107. The third-order valence-electron chi connectivity index (χ3n) is 5.85. The zero-order valence-electron chi connectivity index (χ0n) is 18.5. The topological polar surface area (TPSA) is 77.1 Å². The highest BCUT2D eigenvalue weighted by Gasteiger charge is 2.28. The normalized spacial score (nSPS) is 24.7. The van der Waals surface area contributed by atoms with E-state index in [9.17, 15) is 9.59 Å². The van der Waals surface area contributed by atoms with Gasteiger partial charge in [0.2, 0.25) is 12.7 Å². The van der Waals surface area contributed by atoms with Crippen LogP contribution in [-0.2, 0) is 4.79 Å². The molecule has 0 aliphatic carbocycles. The molecule has 2 amide bonds. The van der Waals surface area contributed by atoms with Crippen molar-refractivity contribution in [3.05, 3.63) is 65.7 Å². The van der Waals surface area contributed by atoms with Gasteiger partial charge in [0.25, 0.3) is 5.91 Å². The van der Waals surface area contributed by atoms with Crippen molar-refractivity contribution in [1.82, 2.24) is 10.2 Å². The summed E-state index contributed by atoms with van der Waals surface area (Å²) in [6.45, 7) is 3.89. The number of nitrogens with one attached hydrogen (secondary N) is 1. The van der Waals surface area contributed by atoms with Crippen LogP contribution in [0.3, 0.4) is 0 Å². The number of fused-ring (bicyclic) bond motifs is 2. The van der Waals surface area contributed by atoms with Gasteiger partial charge < -0.3 is 24.4 Å². The SMILES string of the molecule is C[C@@H]1C/C=C/C[C@@H](c2ccc3c(c2)OCO3)NC(=O)[C@@H](C)N(C)C(=O)c2ccccc2O1. The molecule has 0 aromatic heterocycles. The van der Waals surface area contributed by atoms with Crippen molar-refractivity contribution in [1.29, 1.82) is 0 Å². The summed E-state index contributed by atoms with van der Waals surface area (Å²) >= 11 is 0. The second-order valence-electron chi connectivity index (χ2n) is 8.13. The molecule has 0 saturated heterocycles. The summed E-state index contributed by atoms with van der Waals surface area (Å²) in [4.78, 5) is 27.7. The van der Waals surface area contributed by atoms with Gasteiger partial charge in [0, 0.05) is 13.5 Å². The third kappa shape index (κ3) is 4.56. The summed E-state index contributed by atoms with van der Waals surface area (Å²) in [5, 5.41) is 3.10. The number of carbonyl (C=O) groups is 2. The highest BCUT2D eigenvalue weighted by molar-refractivity contribution is 5.99. The van der Waals surface area contributed by atoms with Crippen molar-refractivity contribution in [2.45, 2.75) is 44.9 Å². The van der Waals surface area contributed by atoms with Crippen LogP contribution in [0.15, 0.2) is 54.6 Å². The van der Waals surface area contributed by atoms with Crippen molar-refractivity contribution in [2.24, 2.45) is 0 Å². The van der Waals surface area contributed by atoms with Crippen LogP contribution >= 0.6 is 0 Å². The second-order valence-corrected chi connectivity index (χ2v) is 8.13. The summed E-state index contributed by atoms with van der Waals surface area (Å²) in [5.74, 6) is 1.38. The van der Waals surface area contributed by atoms with Gasteiger partial charge in [-0.2, -0.15) is 0 Å². The lowest BCUT2D eigenvalue weighted by Crippen LogP contribution is -2.47. The molecule has 3 atom stereocenters. The first-order valence-corrected chi connectivity index (χ1v) is 10.8. The third-order valence-corrected chi connectivity index (χ3v) is 5.85. The van der Waals surface area contributed by atoms with E-state index in [-0.39, 0.29) is 30.8 Å². The fraction of sp³-hybridized carbons (Fsp3) is 0.360. The molecule has 0 saturated carbocycles. The van der Waals surface area contributed by atoms with Gasteiger partial charge in [-0.05, 0) is 50.1 Å². The zero-order chi connectivity index (χ0) is 22.7. The van der Waals surface area contributed by atoms with E-state index in [0.29, 0.717) is 35.7 Å². The van der Waals surface area contributed by atoms with Gasteiger partial charge in [0.05, 0.1) is 17.7 Å². The van der Waals surface area contributed by atoms with E-state index >= 15 is 0 Å². The number of ether oxygens (including phenoxy) is 3. The minimum atomic E-state index is -0.670. The van der Waals surface area contributed by atoms with Crippen molar-refractivity contribution in [2.75, 3.05) is 13.8 Å². The molecule has 0 spiro atoms. The number of para-hydroxylation sites is 1. The Morgan fingerprint density at radius 3 is 2.53 bits per heavy atom. The molecule has 7 heteroatoms. The van der Waals surface area contributed by atoms with Crippen molar-refractivity contribution in [3.63, 3.8) is 0 Å². The maximum absolute atomic E-state index is 13.2. The molecule has 2 aromatic carbocycles. The van der Waals surface area contributed by atoms with Crippen LogP contribution in [0, 0.1) is 0 Å². The molecule has 7 nitrogen and oxygen atoms in total. The predicted octanol–water partition coefficient (Wildman–Crippen LogP) is 3.85. The summed E-state index contributed by atoms with van der Waals surface area (Å²) in [6, 6.07) is 11.9. The Bertz CT molecular complexity index is 1030. The zero-order valence-corrected chi connectivity index (χ0v) is 18.5. The maximum Gasteiger partial charge on any atom is 0.258 e. The van der Waals surface area contributed by atoms with Gasteiger partial charge >= 0.3 is 0 Å². The van der Waals surface area contributed by atoms with E-state index in [1.807, 2.05) is 43.3 Å². The van der Waals surface area contributed by atoms with Gasteiger partial charge in [-0.25, -0.2) is 0 Å². The minimum Gasteiger partial charge on any atom is -0.490 e. The molecule has 0 unspecified atom stereocenters. The lowest BCUT2D eigenvalue weighted by molar-refractivity contribution is -0.125. The van der Waals surface area contributed by atoms with Gasteiger partial charge in [0.15, 0.2) is 11.5 Å². The Morgan fingerprint density at radius 1 is 0.938 bits per heavy atom. The average molecular weight is 437 g/mol. The lowest BCUT2D eigenvalue weighted by atomic mass is 10.0. The van der Waals surface area contributed by atoms with Crippen molar-refractivity contribution >= 4 is 11.8 Å². The highest BCUT2D eigenvalue weighted by atomic mass is 16.7. The molecule has 0 radical (unpaired) electrons. The molecule has 4 rings (SSSR count). The molecular formula is C25H28N2O5. The maximum atomic E-state index is 13.2. The largest absolute Gasteiger partial charge is 0.490 e. The van der Waals surface area contributed by atoms with E-state index in [2.05, 4.69) is 5.32 Å². The Hall–Kier alpha value is -3.48. The number of amides is 2. The van der Waals surface area contributed by atoms with Gasteiger partial charge in [0.1, 0.15) is 11.8 Å². The first kappa shape index (κ1) is 21.7. The summed E-state index contributed by atoms with van der Waals surface area (Å²) in [5.41, 5.74) is 1.35. The van der Waals surface area contributed by atoms with E-state index in [4.69, 9.17) is 14.2 Å². The summed E-state index contributed by atoms with van der Waals surface area (Å²) in [6.07, 6.45) is 5.26. The fourth-order valence-electron chi connectivity index (χ4n) is 3.77. The van der Waals surface area contributed by atoms with Crippen molar-refractivity contribution in [3.8, 4) is 17.2 Å². The number of carbonyl (C=O) groups excluding carboxylic acids is 2. The second kappa shape index (κ2) is 9.34. The number of rotatable bonds is 1. The monoisotopic (exact) mass is 436 g/mol. The molecule has 2 aliphatic heterocycles. The van der Waals surface area contributed by atoms with E-state index in [1.54, 1.807) is 32.2 Å². The highest BCUT2D eigenvalue weighted by Crippen LogP contribution is 2.35. The van der Waals surface area contributed by atoms with Crippen LogP contribution in [0.25, 0.3) is 0 Å². The van der Waals surface area contributed by atoms with E-state index < -0.39 is 6.04 Å². The number of hydrogen-bond acceptors (Lipinski definition) is 5. The molecule has 1 N–H and O–H groups in total. The Labute approximate surface area is 188 Å². The van der Waals surface area contributed by atoms with Gasteiger partial charge in [-0.15, -0.1) is 0 Å². The molecule has 0 fully saturated rings. The smallest absolute Gasteiger partial charge is 0.258 e. The Balaban J connectivity index is 1.64. The predicted molar refractivity (Wildman–Crippen MR) is 120 cm³/mol. The number of hydrogen-bond donors (Lipinski definition) is 1. The van der Waals surface area contributed by atoms with Gasteiger partial charge in [-0.3, -0.25) is 9.59 Å². The number of nitrogens with zero attached hydrogens (tertiary/aromatic N) is 1. The molecule has 2 heterocycles. The first-order chi connectivity index (χ1) is 15.4. The standard InChI is InChI=1S/C25H28N2O5/c1-16-8-4-6-10-20(18-12-13-22-23(14-18)31-15-30-22)26-24(28)17(2)27(3)25(29)19-9-5-7-11-21(19)32-16/h4-7,9,11-14,16-17,20H,8,10,15H2,1-3H3,(H,26,28)/b6-4+/t16-,17-,20+/m1/s1. The summed E-state index contributed by atoms with van der Waals surface area (Å²) in [7, 11) is 1.63. The Kier molecular flexibility index (Phi) is 6.35. The van der Waals surface area contributed by atoms with E-state index in [0.717, 1.165) is 5.56 Å². The summed E-state index contributed by atoms with van der Waals surface area (Å²) < 4.78 is 17.0. The van der Waals surface area contributed by atoms with Crippen LogP contribution in [0.1, 0.15) is 48.7 Å². The lowest BCUT2D eigenvalue weighted by Gasteiger charge is -2.28. The van der Waals surface area contributed by atoms with Crippen LogP contribution in [0.2, 0.25) is 0 Å². The van der Waals surface area contributed by atoms with Crippen LogP contribution in [0.5, 0.6) is 17.2 Å². The molecule has 32 heavy (non-hydrogen) atoms. The van der Waals surface area contributed by atoms with Crippen LogP contribution in [0.4, 0.5) is 0 Å². The Morgan fingerprint density at radius 2 is 1.69 bits per heavy atom. The molecule has 2 aromatic rings.